The number of nitrogens with one attached hydrogen (secondary N) is 1. The zero-order valence-corrected chi connectivity index (χ0v) is 11.8. The Morgan fingerprint density at radius 3 is 2.20 bits per heavy atom. The van der Waals surface area contributed by atoms with Crippen molar-refractivity contribution in [1.29, 1.82) is 0 Å². The topological polar surface area (TPSA) is 32.3 Å². The maximum atomic E-state index is 13.7. The molecule has 0 bridgehead atoms. The predicted octanol–water partition coefficient (Wildman–Crippen LogP) is 4.01. The molecule has 0 spiro atoms. The lowest BCUT2D eigenvalue weighted by Crippen LogP contribution is -2.17. The molecule has 0 saturated heterocycles. The monoisotopic (exact) mass is 345 g/mol. The molecule has 2 nitrogen and oxygen atoms in total. The van der Waals surface area contributed by atoms with Crippen molar-refractivity contribution in [3.8, 4) is 0 Å². The normalized spacial score (nSPS) is 12.2. The van der Waals surface area contributed by atoms with Gasteiger partial charge in [-0.05, 0) is 30.3 Å². The fourth-order valence-corrected chi connectivity index (χ4v) is 2.04. The first-order valence-corrected chi connectivity index (χ1v) is 6.58. The van der Waals surface area contributed by atoms with Crippen LogP contribution in [0.4, 0.5) is 18.9 Å². The van der Waals surface area contributed by atoms with E-state index in [9.17, 15) is 18.3 Å². The second kappa shape index (κ2) is 6.28. The van der Waals surface area contributed by atoms with E-state index in [2.05, 4.69) is 21.2 Å². The molecule has 0 amide bonds. The highest BCUT2D eigenvalue weighted by Gasteiger charge is 2.18. The molecule has 0 radical (unpaired) electrons. The molecule has 0 saturated carbocycles. The van der Waals surface area contributed by atoms with Crippen molar-refractivity contribution in [2.75, 3.05) is 11.9 Å². The Bertz CT molecular complexity index is 604. The Kier molecular flexibility index (Phi) is 4.67. The van der Waals surface area contributed by atoms with Crippen LogP contribution in [0.5, 0.6) is 0 Å². The molecule has 0 fully saturated rings. The number of hydrogen-bond donors (Lipinski definition) is 2. The van der Waals surface area contributed by atoms with Gasteiger partial charge in [-0.3, -0.25) is 0 Å². The lowest BCUT2D eigenvalue weighted by atomic mass is 10.1. The first-order valence-electron chi connectivity index (χ1n) is 5.78. The maximum Gasteiger partial charge on any atom is 0.161 e. The van der Waals surface area contributed by atoms with Crippen LogP contribution in [0, 0.1) is 17.5 Å². The van der Waals surface area contributed by atoms with Crippen LogP contribution in [-0.2, 0) is 0 Å². The van der Waals surface area contributed by atoms with Gasteiger partial charge in [0.05, 0.1) is 12.6 Å². The first kappa shape index (κ1) is 14.9. The van der Waals surface area contributed by atoms with Gasteiger partial charge in [0.15, 0.2) is 11.6 Å². The van der Waals surface area contributed by atoms with Gasteiger partial charge in [-0.25, -0.2) is 13.2 Å². The largest absolute Gasteiger partial charge is 0.394 e. The number of halogens is 4. The van der Waals surface area contributed by atoms with Crippen LogP contribution in [-0.4, -0.2) is 11.7 Å². The van der Waals surface area contributed by atoms with Crippen LogP contribution in [0.25, 0.3) is 0 Å². The second-order valence-electron chi connectivity index (χ2n) is 4.17. The smallest absolute Gasteiger partial charge is 0.161 e. The summed E-state index contributed by atoms with van der Waals surface area (Å²) in [5.74, 6) is -3.32. The molecular weight excluding hydrogens is 335 g/mol. The minimum Gasteiger partial charge on any atom is -0.394 e. The number of rotatable bonds is 4. The van der Waals surface area contributed by atoms with Gasteiger partial charge >= 0.3 is 0 Å². The third-order valence-corrected chi connectivity index (χ3v) is 3.31. The van der Waals surface area contributed by atoms with Gasteiger partial charge in [0.1, 0.15) is 5.82 Å². The van der Waals surface area contributed by atoms with Gasteiger partial charge in [0.2, 0.25) is 0 Å². The van der Waals surface area contributed by atoms with Crippen molar-refractivity contribution >= 4 is 21.6 Å². The molecule has 0 aliphatic heterocycles. The van der Waals surface area contributed by atoms with Gasteiger partial charge in [0.25, 0.3) is 0 Å². The van der Waals surface area contributed by atoms with Crippen LogP contribution < -0.4 is 5.32 Å². The molecule has 0 aromatic heterocycles. The van der Waals surface area contributed by atoms with Crippen LogP contribution >= 0.6 is 15.9 Å². The van der Waals surface area contributed by atoms with Crippen LogP contribution in [0.2, 0.25) is 0 Å². The summed E-state index contributed by atoms with van der Waals surface area (Å²) in [5, 5.41) is 12.2. The van der Waals surface area contributed by atoms with Crippen LogP contribution in [0.3, 0.4) is 0 Å². The number of benzene rings is 2. The molecule has 0 aliphatic carbocycles. The molecular formula is C14H11BrF3NO. The summed E-state index contributed by atoms with van der Waals surface area (Å²) >= 11 is 3.27. The van der Waals surface area contributed by atoms with E-state index in [0.29, 0.717) is 11.8 Å². The zero-order valence-electron chi connectivity index (χ0n) is 10.2. The lowest BCUT2D eigenvalue weighted by molar-refractivity contribution is 0.273. The first-order chi connectivity index (χ1) is 9.51. The summed E-state index contributed by atoms with van der Waals surface area (Å²) in [6, 6.07) is 7.30. The summed E-state index contributed by atoms with van der Waals surface area (Å²) < 4.78 is 40.6. The maximum absolute atomic E-state index is 13.7. The van der Waals surface area contributed by atoms with Gasteiger partial charge in [-0.15, -0.1) is 0 Å². The number of anilines is 1. The number of aliphatic hydroxyl groups is 1. The zero-order chi connectivity index (χ0) is 14.7. The minimum atomic E-state index is -1.26. The quantitative estimate of drug-likeness (QED) is 0.820. The van der Waals surface area contributed by atoms with Crippen molar-refractivity contribution in [3.63, 3.8) is 0 Å². The van der Waals surface area contributed by atoms with Gasteiger partial charge in [-0.1, -0.05) is 15.9 Å². The molecule has 2 N–H and O–H groups in total. The Morgan fingerprint density at radius 1 is 1.00 bits per heavy atom. The summed E-state index contributed by atoms with van der Waals surface area (Å²) in [7, 11) is 0. The molecule has 0 heterocycles. The van der Waals surface area contributed by atoms with Crippen molar-refractivity contribution in [3.05, 3.63) is 63.9 Å². The third-order valence-electron chi connectivity index (χ3n) is 2.78. The highest BCUT2D eigenvalue weighted by atomic mass is 79.9. The Balaban J connectivity index is 2.28. The summed E-state index contributed by atoms with van der Waals surface area (Å²) in [4.78, 5) is 0. The second-order valence-corrected chi connectivity index (χ2v) is 5.09. The summed E-state index contributed by atoms with van der Waals surface area (Å²) in [5.41, 5.74) is 0.491. The molecule has 1 unspecified atom stereocenters. The van der Waals surface area contributed by atoms with Crippen molar-refractivity contribution in [2.24, 2.45) is 0 Å². The number of hydrogen-bond acceptors (Lipinski definition) is 2. The molecule has 20 heavy (non-hydrogen) atoms. The SMILES string of the molecule is OCC(Nc1ccc(Br)cc1)c1cc(F)c(F)cc1F. The standard InChI is InChI=1S/C14H11BrF3NO/c15-8-1-3-9(4-2-8)19-14(7-20)10-5-12(17)13(18)6-11(10)16/h1-6,14,19-20H,7H2. The average molecular weight is 346 g/mol. The van der Waals surface area contributed by atoms with Gasteiger partial charge in [-0.2, -0.15) is 0 Å². The van der Waals surface area contributed by atoms with Crippen molar-refractivity contribution in [1.82, 2.24) is 0 Å². The van der Waals surface area contributed by atoms with E-state index in [-0.39, 0.29) is 5.56 Å². The molecule has 2 rings (SSSR count). The molecule has 2 aromatic carbocycles. The van der Waals surface area contributed by atoms with Crippen LogP contribution in [0.15, 0.2) is 40.9 Å². The van der Waals surface area contributed by atoms with E-state index < -0.39 is 30.1 Å². The van der Waals surface area contributed by atoms with Crippen LogP contribution in [0.1, 0.15) is 11.6 Å². The highest BCUT2D eigenvalue weighted by molar-refractivity contribution is 9.10. The lowest BCUT2D eigenvalue weighted by Gasteiger charge is -2.19. The minimum absolute atomic E-state index is 0.130. The molecule has 1 atom stereocenters. The number of aliphatic hydroxyl groups excluding tert-OH is 1. The fourth-order valence-electron chi connectivity index (χ4n) is 1.77. The van der Waals surface area contributed by atoms with E-state index in [1.165, 1.54) is 0 Å². The van der Waals surface area contributed by atoms with Gasteiger partial charge < -0.3 is 10.4 Å². The molecule has 0 aliphatic rings. The fraction of sp³-hybridized carbons (Fsp3) is 0.143. The Hall–Kier alpha value is -1.53. The van der Waals surface area contributed by atoms with E-state index in [4.69, 9.17) is 0 Å². The van der Waals surface area contributed by atoms with E-state index in [1.807, 2.05) is 0 Å². The molecule has 2 aromatic rings. The Labute approximate surface area is 122 Å². The third kappa shape index (κ3) is 3.32. The predicted molar refractivity (Wildman–Crippen MR) is 73.9 cm³/mol. The average Bonchev–Trinajstić information content (AvgIpc) is 2.43. The summed E-state index contributed by atoms with van der Waals surface area (Å²) in [6.07, 6.45) is 0. The Morgan fingerprint density at radius 2 is 1.60 bits per heavy atom. The van der Waals surface area contributed by atoms with E-state index in [0.717, 1.165) is 10.5 Å². The van der Waals surface area contributed by atoms with Gasteiger partial charge in [0, 0.05) is 21.8 Å². The van der Waals surface area contributed by atoms with E-state index >= 15 is 0 Å². The van der Waals surface area contributed by atoms with Crippen molar-refractivity contribution < 1.29 is 18.3 Å². The van der Waals surface area contributed by atoms with Crippen molar-refractivity contribution in [2.45, 2.75) is 6.04 Å². The molecule has 106 valence electrons. The summed E-state index contributed by atoms with van der Waals surface area (Å²) in [6.45, 7) is -0.460. The molecule has 6 heteroatoms. The van der Waals surface area contributed by atoms with E-state index in [1.54, 1.807) is 24.3 Å². The highest BCUT2D eigenvalue weighted by Crippen LogP contribution is 2.24.